The van der Waals surface area contributed by atoms with Gasteiger partial charge in [0, 0.05) is 19.6 Å². The minimum atomic E-state index is 0.223. The molecule has 0 radical (unpaired) electrons. The van der Waals surface area contributed by atoms with Gasteiger partial charge in [0.2, 0.25) is 0 Å². The molecule has 0 spiro atoms. The minimum absolute atomic E-state index is 0.223. The number of hydrogen-bond acceptors (Lipinski definition) is 4. The molecule has 1 fully saturated rings. The SMILES string of the molecule is CCOc1ccc(C(c2ccccc2C)N2CCCNCC2)cc1OC. The van der Waals surface area contributed by atoms with Crippen LogP contribution < -0.4 is 14.8 Å². The third-order valence-electron chi connectivity index (χ3n) is 5.03. The molecule has 1 aliphatic heterocycles. The van der Waals surface area contributed by atoms with E-state index in [1.807, 2.05) is 13.0 Å². The highest BCUT2D eigenvalue weighted by Crippen LogP contribution is 2.36. The predicted octanol–water partition coefficient (Wildman–Crippen LogP) is 3.79. The summed E-state index contributed by atoms with van der Waals surface area (Å²) in [4.78, 5) is 2.58. The Balaban J connectivity index is 2.04. The summed E-state index contributed by atoms with van der Waals surface area (Å²) >= 11 is 0. The first-order valence-electron chi connectivity index (χ1n) is 9.55. The molecule has 1 unspecified atom stereocenters. The zero-order valence-corrected chi connectivity index (χ0v) is 16.1. The van der Waals surface area contributed by atoms with Crippen molar-refractivity contribution in [3.8, 4) is 11.5 Å². The van der Waals surface area contributed by atoms with Crippen LogP contribution in [0.15, 0.2) is 42.5 Å². The van der Waals surface area contributed by atoms with Crippen LogP contribution in [-0.4, -0.2) is 44.8 Å². The normalized spacial score (nSPS) is 16.7. The van der Waals surface area contributed by atoms with Crippen molar-refractivity contribution in [2.24, 2.45) is 0 Å². The van der Waals surface area contributed by atoms with Crippen LogP contribution in [0.2, 0.25) is 0 Å². The van der Waals surface area contributed by atoms with Gasteiger partial charge in [-0.3, -0.25) is 4.90 Å². The quantitative estimate of drug-likeness (QED) is 0.856. The van der Waals surface area contributed by atoms with Crippen molar-refractivity contribution < 1.29 is 9.47 Å². The maximum absolute atomic E-state index is 5.71. The van der Waals surface area contributed by atoms with Crippen LogP contribution >= 0.6 is 0 Å². The van der Waals surface area contributed by atoms with Crippen molar-refractivity contribution in [2.45, 2.75) is 26.3 Å². The highest BCUT2D eigenvalue weighted by Gasteiger charge is 2.25. The smallest absolute Gasteiger partial charge is 0.161 e. The molecular weight excluding hydrogens is 324 g/mol. The van der Waals surface area contributed by atoms with Gasteiger partial charge in [-0.25, -0.2) is 0 Å². The van der Waals surface area contributed by atoms with E-state index in [0.29, 0.717) is 6.61 Å². The Morgan fingerprint density at radius 1 is 1.08 bits per heavy atom. The van der Waals surface area contributed by atoms with Crippen LogP contribution in [-0.2, 0) is 0 Å². The van der Waals surface area contributed by atoms with Gasteiger partial charge in [0.05, 0.1) is 19.8 Å². The lowest BCUT2D eigenvalue weighted by molar-refractivity contribution is 0.239. The second-order valence-electron chi connectivity index (χ2n) is 6.74. The zero-order chi connectivity index (χ0) is 18.4. The Hall–Kier alpha value is -2.04. The molecule has 1 atom stereocenters. The Morgan fingerprint density at radius 3 is 2.69 bits per heavy atom. The fraction of sp³-hybridized carbons (Fsp3) is 0.455. The lowest BCUT2D eigenvalue weighted by Gasteiger charge is -2.32. The average molecular weight is 354 g/mol. The summed E-state index contributed by atoms with van der Waals surface area (Å²) in [5, 5.41) is 3.51. The first-order chi connectivity index (χ1) is 12.7. The lowest BCUT2D eigenvalue weighted by atomic mass is 9.93. The third-order valence-corrected chi connectivity index (χ3v) is 5.03. The van der Waals surface area contributed by atoms with Crippen LogP contribution in [0.3, 0.4) is 0 Å². The number of rotatable bonds is 6. The van der Waals surface area contributed by atoms with Crippen molar-refractivity contribution in [2.75, 3.05) is 39.9 Å². The molecule has 1 aliphatic rings. The van der Waals surface area contributed by atoms with Crippen LogP contribution in [0.1, 0.15) is 36.1 Å². The summed E-state index contributed by atoms with van der Waals surface area (Å²) in [5.74, 6) is 1.61. The molecule has 0 aromatic heterocycles. The van der Waals surface area contributed by atoms with Gasteiger partial charge in [-0.2, -0.15) is 0 Å². The van der Waals surface area contributed by atoms with Gasteiger partial charge in [0.25, 0.3) is 0 Å². The molecule has 0 aliphatic carbocycles. The van der Waals surface area contributed by atoms with E-state index in [-0.39, 0.29) is 6.04 Å². The highest BCUT2D eigenvalue weighted by molar-refractivity contribution is 5.47. The van der Waals surface area contributed by atoms with E-state index in [1.54, 1.807) is 7.11 Å². The second kappa shape index (κ2) is 9.06. The summed E-state index contributed by atoms with van der Waals surface area (Å²) < 4.78 is 11.3. The first-order valence-corrected chi connectivity index (χ1v) is 9.55. The third kappa shape index (κ3) is 4.19. The summed E-state index contributed by atoms with van der Waals surface area (Å²) in [6, 6.07) is 15.3. The number of methoxy groups -OCH3 is 1. The molecular formula is C22H30N2O2. The van der Waals surface area contributed by atoms with E-state index in [4.69, 9.17) is 9.47 Å². The molecule has 1 N–H and O–H groups in total. The largest absolute Gasteiger partial charge is 0.493 e. The Bertz CT molecular complexity index is 709. The van der Waals surface area contributed by atoms with E-state index in [0.717, 1.165) is 44.1 Å². The lowest BCUT2D eigenvalue weighted by Crippen LogP contribution is -2.33. The predicted molar refractivity (Wildman–Crippen MR) is 106 cm³/mol. The van der Waals surface area contributed by atoms with Gasteiger partial charge in [-0.1, -0.05) is 30.3 Å². The molecule has 26 heavy (non-hydrogen) atoms. The Labute approximate surface area is 157 Å². The number of aryl methyl sites for hydroxylation is 1. The van der Waals surface area contributed by atoms with Crippen LogP contribution in [0.4, 0.5) is 0 Å². The number of hydrogen-bond donors (Lipinski definition) is 1. The van der Waals surface area contributed by atoms with E-state index >= 15 is 0 Å². The average Bonchev–Trinajstić information content (AvgIpc) is 2.94. The highest BCUT2D eigenvalue weighted by atomic mass is 16.5. The van der Waals surface area contributed by atoms with Crippen molar-refractivity contribution >= 4 is 0 Å². The van der Waals surface area contributed by atoms with Gasteiger partial charge in [-0.15, -0.1) is 0 Å². The topological polar surface area (TPSA) is 33.7 Å². The molecule has 0 bridgehead atoms. The molecule has 2 aromatic rings. The maximum Gasteiger partial charge on any atom is 0.161 e. The number of ether oxygens (including phenoxy) is 2. The van der Waals surface area contributed by atoms with Gasteiger partial charge < -0.3 is 14.8 Å². The molecule has 0 saturated carbocycles. The van der Waals surface area contributed by atoms with E-state index in [9.17, 15) is 0 Å². The van der Waals surface area contributed by atoms with E-state index < -0.39 is 0 Å². The minimum Gasteiger partial charge on any atom is -0.493 e. The van der Waals surface area contributed by atoms with Crippen LogP contribution in [0, 0.1) is 6.92 Å². The standard InChI is InChI=1S/C22H30N2O2/c1-4-26-20-11-10-18(16-21(20)25-3)22(19-9-6-5-8-17(19)2)24-14-7-12-23-13-15-24/h5-6,8-11,16,22-23H,4,7,12-15H2,1-3H3. The number of nitrogens with zero attached hydrogens (tertiary/aromatic N) is 1. The summed E-state index contributed by atoms with van der Waals surface area (Å²) in [6.45, 7) is 9.06. The fourth-order valence-corrected chi connectivity index (χ4v) is 3.73. The van der Waals surface area contributed by atoms with Crippen LogP contribution in [0.5, 0.6) is 11.5 Å². The van der Waals surface area contributed by atoms with Crippen LogP contribution in [0.25, 0.3) is 0 Å². The fourth-order valence-electron chi connectivity index (χ4n) is 3.73. The van der Waals surface area contributed by atoms with E-state index in [2.05, 4.69) is 53.5 Å². The van der Waals surface area contributed by atoms with Crippen molar-refractivity contribution in [3.63, 3.8) is 0 Å². The summed E-state index contributed by atoms with van der Waals surface area (Å²) in [7, 11) is 1.71. The van der Waals surface area contributed by atoms with E-state index in [1.165, 1.54) is 16.7 Å². The van der Waals surface area contributed by atoms with Crippen molar-refractivity contribution in [1.29, 1.82) is 0 Å². The first kappa shape index (κ1) is 18.7. The molecule has 3 rings (SSSR count). The molecule has 4 heteroatoms. The Morgan fingerprint density at radius 2 is 1.92 bits per heavy atom. The Kier molecular flexibility index (Phi) is 6.53. The number of benzene rings is 2. The number of nitrogens with one attached hydrogen (secondary N) is 1. The summed E-state index contributed by atoms with van der Waals surface area (Å²) in [6.07, 6.45) is 1.16. The molecule has 1 saturated heterocycles. The van der Waals surface area contributed by atoms with Gasteiger partial charge in [0.15, 0.2) is 11.5 Å². The second-order valence-corrected chi connectivity index (χ2v) is 6.74. The summed E-state index contributed by atoms with van der Waals surface area (Å²) in [5.41, 5.74) is 3.93. The molecule has 140 valence electrons. The van der Waals surface area contributed by atoms with Crippen molar-refractivity contribution in [1.82, 2.24) is 10.2 Å². The van der Waals surface area contributed by atoms with Gasteiger partial charge in [0.1, 0.15) is 0 Å². The molecule has 2 aromatic carbocycles. The zero-order valence-electron chi connectivity index (χ0n) is 16.1. The molecule has 0 amide bonds. The van der Waals surface area contributed by atoms with Gasteiger partial charge >= 0.3 is 0 Å². The molecule has 4 nitrogen and oxygen atoms in total. The van der Waals surface area contributed by atoms with Crippen molar-refractivity contribution in [3.05, 3.63) is 59.2 Å². The molecule has 1 heterocycles. The maximum atomic E-state index is 5.71. The monoisotopic (exact) mass is 354 g/mol. The van der Waals surface area contributed by atoms with Gasteiger partial charge in [-0.05, 0) is 55.6 Å².